The Bertz CT molecular complexity index is 527. The van der Waals surface area contributed by atoms with E-state index in [1.165, 1.54) is 37.9 Å². The van der Waals surface area contributed by atoms with Crippen LogP contribution in [0.3, 0.4) is 0 Å². The first kappa shape index (κ1) is 12.9. The molecule has 19 heavy (non-hydrogen) atoms. The van der Waals surface area contributed by atoms with Crippen LogP contribution in [0.5, 0.6) is 0 Å². The molecular formula is C15H18BrN3. The molecule has 0 bridgehead atoms. The molecule has 2 heterocycles. The second-order valence-electron chi connectivity index (χ2n) is 5.17. The molecule has 3 nitrogen and oxygen atoms in total. The Labute approximate surface area is 122 Å². The van der Waals surface area contributed by atoms with E-state index in [1.54, 1.807) is 0 Å². The van der Waals surface area contributed by atoms with Crippen LogP contribution in [0.1, 0.15) is 18.4 Å². The zero-order chi connectivity index (χ0) is 13.1. The first-order valence-electron chi connectivity index (χ1n) is 6.81. The molecule has 1 aliphatic heterocycles. The summed E-state index contributed by atoms with van der Waals surface area (Å²) in [5.41, 5.74) is 2.54. The van der Waals surface area contributed by atoms with Crippen LogP contribution >= 0.6 is 15.9 Å². The van der Waals surface area contributed by atoms with E-state index in [0.29, 0.717) is 0 Å². The smallest absolute Gasteiger partial charge is 0.0646 e. The highest BCUT2D eigenvalue weighted by molar-refractivity contribution is 9.10. The minimum absolute atomic E-state index is 0.839. The number of nitrogens with zero attached hydrogens (tertiary/aromatic N) is 2. The van der Waals surface area contributed by atoms with Crippen LogP contribution in [0.25, 0.3) is 5.69 Å². The van der Waals surface area contributed by atoms with Crippen molar-refractivity contribution < 1.29 is 0 Å². The highest BCUT2D eigenvalue weighted by atomic mass is 79.9. The lowest BCUT2D eigenvalue weighted by molar-refractivity contribution is 0.372. The van der Waals surface area contributed by atoms with Crippen molar-refractivity contribution in [1.29, 1.82) is 0 Å². The van der Waals surface area contributed by atoms with Gasteiger partial charge in [-0.3, -0.25) is 0 Å². The van der Waals surface area contributed by atoms with Crippen molar-refractivity contribution in [3.63, 3.8) is 0 Å². The van der Waals surface area contributed by atoms with E-state index < -0.39 is 0 Å². The molecule has 0 unspecified atom stereocenters. The van der Waals surface area contributed by atoms with Gasteiger partial charge in [0.2, 0.25) is 0 Å². The fourth-order valence-corrected chi connectivity index (χ4v) is 2.93. The molecule has 0 atom stereocenters. The number of piperidine rings is 1. The minimum Gasteiger partial charge on any atom is -0.317 e. The van der Waals surface area contributed by atoms with Crippen LogP contribution in [-0.4, -0.2) is 22.9 Å². The van der Waals surface area contributed by atoms with E-state index in [2.05, 4.69) is 50.6 Å². The normalized spacial score (nSPS) is 16.7. The second kappa shape index (κ2) is 5.88. The van der Waals surface area contributed by atoms with Gasteiger partial charge in [-0.2, -0.15) is 5.10 Å². The van der Waals surface area contributed by atoms with Gasteiger partial charge in [-0.05, 0) is 71.9 Å². The highest BCUT2D eigenvalue weighted by Gasteiger charge is 2.13. The zero-order valence-electron chi connectivity index (χ0n) is 10.8. The maximum atomic E-state index is 4.29. The van der Waals surface area contributed by atoms with Crippen molar-refractivity contribution in [3.8, 4) is 5.69 Å². The molecule has 1 N–H and O–H groups in total. The van der Waals surface area contributed by atoms with Crippen molar-refractivity contribution >= 4 is 15.9 Å². The van der Waals surface area contributed by atoms with Crippen LogP contribution in [-0.2, 0) is 6.42 Å². The topological polar surface area (TPSA) is 29.9 Å². The van der Waals surface area contributed by atoms with Gasteiger partial charge in [0.15, 0.2) is 0 Å². The number of halogens is 1. The van der Waals surface area contributed by atoms with Crippen LogP contribution in [0.2, 0.25) is 0 Å². The molecule has 0 radical (unpaired) electrons. The molecular weight excluding hydrogens is 302 g/mol. The Morgan fingerprint density at radius 3 is 2.58 bits per heavy atom. The Morgan fingerprint density at radius 1 is 1.21 bits per heavy atom. The fourth-order valence-electron chi connectivity index (χ4n) is 2.65. The summed E-state index contributed by atoms with van der Waals surface area (Å²) >= 11 is 3.42. The summed E-state index contributed by atoms with van der Waals surface area (Å²) in [6, 6.07) is 8.76. The Balaban J connectivity index is 1.68. The maximum absolute atomic E-state index is 4.29. The van der Waals surface area contributed by atoms with Crippen LogP contribution in [0, 0.1) is 5.92 Å². The zero-order valence-corrected chi connectivity index (χ0v) is 12.4. The fraction of sp³-hybridized carbons (Fsp3) is 0.400. The van der Waals surface area contributed by atoms with Gasteiger partial charge in [0.25, 0.3) is 0 Å². The highest BCUT2D eigenvalue weighted by Crippen LogP contribution is 2.19. The quantitative estimate of drug-likeness (QED) is 0.941. The van der Waals surface area contributed by atoms with Gasteiger partial charge in [-0.1, -0.05) is 12.1 Å². The van der Waals surface area contributed by atoms with E-state index in [9.17, 15) is 0 Å². The largest absolute Gasteiger partial charge is 0.317 e. The van der Waals surface area contributed by atoms with Gasteiger partial charge >= 0.3 is 0 Å². The molecule has 0 spiro atoms. The van der Waals surface area contributed by atoms with E-state index in [1.807, 2.05) is 17.1 Å². The average molecular weight is 320 g/mol. The third kappa shape index (κ3) is 3.25. The summed E-state index contributed by atoms with van der Waals surface area (Å²) in [5, 5.41) is 7.71. The first-order valence-corrected chi connectivity index (χ1v) is 7.61. The molecule has 100 valence electrons. The molecule has 1 saturated heterocycles. The summed E-state index contributed by atoms with van der Waals surface area (Å²) < 4.78 is 2.89. The van der Waals surface area contributed by atoms with Crippen LogP contribution in [0.15, 0.2) is 41.1 Å². The van der Waals surface area contributed by atoms with Gasteiger partial charge < -0.3 is 5.32 Å². The molecule has 0 amide bonds. The first-order chi connectivity index (χ1) is 9.31. The molecule has 2 aromatic rings. The molecule has 0 aliphatic carbocycles. The summed E-state index contributed by atoms with van der Waals surface area (Å²) in [6.07, 6.45) is 7.58. The van der Waals surface area contributed by atoms with E-state index >= 15 is 0 Å². The number of hydrogen-bond acceptors (Lipinski definition) is 2. The predicted molar refractivity (Wildman–Crippen MR) is 80.6 cm³/mol. The van der Waals surface area contributed by atoms with E-state index in [0.717, 1.165) is 16.1 Å². The standard InChI is InChI=1S/C15H18BrN3/c16-14-10-18-19(11-14)15-3-1-12(2-4-15)9-13-5-7-17-8-6-13/h1-4,10-11,13,17H,5-9H2. The second-order valence-corrected chi connectivity index (χ2v) is 6.08. The molecule has 1 aliphatic rings. The number of rotatable bonds is 3. The molecule has 0 saturated carbocycles. The van der Waals surface area contributed by atoms with Gasteiger partial charge in [0.1, 0.15) is 0 Å². The Kier molecular flexibility index (Phi) is 3.99. The van der Waals surface area contributed by atoms with Crippen molar-refractivity contribution in [2.75, 3.05) is 13.1 Å². The van der Waals surface area contributed by atoms with Crippen LogP contribution in [0.4, 0.5) is 0 Å². The third-order valence-electron chi connectivity index (χ3n) is 3.74. The molecule has 4 heteroatoms. The number of nitrogens with one attached hydrogen (secondary N) is 1. The SMILES string of the molecule is Brc1cnn(-c2ccc(CC3CCNCC3)cc2)c1. The molecule has 1 aromatic carbocycles. The van der Waals surface area contributed by atoms with Gasteiger partial charge in [-0.15, -0.1) is 0 Å². The number of benzene rings is 1. The third-order valence-corrected chi connectivity index (χ3v) is 4.14. The summed E-state index contributed by atoms with van der Waals surface area (Å²) in [6.45, 7) is 2.34. The summed E-state index contributed by atoms with van der Waals surface area (Å²) in [4.78, 5) is 0. The molecule has 1 fully saturated rings. The monoisotopic (exact) mass is 319 g/mol. The summed E-state index contributed by atoms with van der Waals surface area (Å²) in [5.74, 6) is 0.839. The predicted octanol–water partition coefficient (Wildman–Crippen LogP) is 3.18. The molecule has 3 rings (SSSR count). The lowest BCUT2D eigenvalue weighted by Crippen LogP contribution is -2.28. The molecule has 1 aromatic heterocycles. The number of hydrogen-bond donors (Lipinski definition) is 1. The number of aromatic nitrogens is 2. The van der Waals surface area contributed by atoms with Crippen molar-refractivity contribution in [2.45, 2.75) is 19.3 Å². The lowest BCUT2D eigenvalue weighted by atomic mass is 9.91. The lowest BCUT2D eigenvalue weighted by Gasteiger charge is -2.22. The van der Waals surface area contributed by atoms with Gasteiger partial charge in [0.05, 0.1) is 16.4 Å². The van der Waals surface area contributed by atoms with E-state index in [4.69, 9.17) is 0 Å². The summed E-state index contributed by atoms with van der Waals surface area (Å²) in [7, 11) is 0. The Morgan fingerprint density at radius 2 is 1.95 bits per heavy atom. The van der Waals surface area contributed by atoms with Gasteiger partial charge in [0, 0.05) is 6.20 Å². The maximum Gasteiger partial charge on any atom is 0.0646 e. The van der Waals surface area contributed by atoms with Crippen molar-refractivity contribution in [1.82, 2.24) is 15.1 Å². The Hall–Kier alpha value is -1.13. The average Bonchev–Trinajstić information content (AvgIpc) is 2.87. The van der Waals surface area contributed by atoms with E-state index in [-0.39, 0.29) is 0 Å². The van der Waals surface area contributed by atoms with Crippen LogP contribution < -0.4 is 5.32 Å². The van der Waals surface area contributed by atoms with Gasteiger partial charge in [-0.25, -0.2) is 4.68 Å². The van der Waals surface area contributed by atoms with Crippen molar-refractivity contribution in [3.05, 3.63) is 46.7 Å². The minimum atomic E-state index is 0.839. The van der Waals surface area contributed by atoms with Crippen molar-refractivity contribution in [2.24, 2.45) is 5.92 Å².